The van der Waals surface area contributed by atoms with Gasteiger partial charge in [0.25, 0.3) is 0 Å². The van der Waals surface area contributed by atoms with Crippen LogP contribution >= 0.6 is 0 Å². The number of hydrogen-bond donors (Lipinski definition) is 0. The smallest absolute Gasteiger partial charge is 0.142 e. The first kappa shape index (κ1) is 13.0. The van der Waals surface area contributed by atoms with Gasteiger partial charge < -0.3 is 9.64 Å². The zero-order valence-corrected chi connectivity index (χ0v) is 12.0. The van der Waals surface area contributed by atoms with Gasteiger partial charge in [-0.15, -0.1) is 0 Å². The number of nitrogens with zero attached hydrogens (tertiary/aromatic N) is 1. The lowest BCUT2D eigenvalue weighted by atomic mass is 10.0. The van der Waals surface area contributed by atoms with Gasteiger partial charge in [-0.3, -0.25) is 0 Å². The molecule has 1 heterocycles. The Bertz CT molecular complexity index is 559. The molecule has 104 valence electrons. The molecule has 2 nitrogen and oxygen atoms in total. The first-order valence-corrected chi connectivity index (χ1v) is 7.45. The van der Waals surface area contributed by atoms with Gasteiger partial charge in [-0.2, -0.15) is 0 Å². The molecule has 0 aromatic heterocycles. The molecule has 0 spiro atoms. The summed E-state index contributed by atoms with van der Waals surface area (Å²) in [6.07, 6.45) is 2.56. The summed E-state index contributed by atoms with van der Waals surface area (Å²) < 4.78 is 5.80. The van der Waals surface area contributed by atoms with E-state index in [9.17, 15) is 0 Å². The number of rotatable bonds is 4. The van der Waals surface area contributed by atoms with Gasteiger partial charge in [0.05, 0.1) is 12.3 Å². The largest absolute Gasteiger partial charge is 0.492 e. The zero-order chi connectivity index (χ0) is 13.8. The molecule has 0 aliphatic carbocycles. The molecule has 3 rings (SSSR count). The number of anilines is 1. The van der Waals surface area contributed by atoms with Crippen molar-refractivity contribution in [3.63, 3.8) is 0 Å². The first-order valence-electron chi connectivity index (χ1n) is 7.45. The Hall–Kier alpha value is -1.96. The maximum atomic E-state index is 5.80. The lowest BCUT2D eigenvalue weighted by Crippen LogP contribution is -2.18. The second kappa shape index (κ2) is 6.00. The number of hydrogen-bond acceptors (Lipinski definition) is 2. The van der Waals surface area contributed by atoms with Crippen LogP contribution < -0.4 is 9.64 Å². The average molecular weight is 267 g/mol. The minimum atomic E-state index is 0.714. The van der Waals surface area contributed by atoms with Crippen molar-refractivity contribution in [2.45, 2.75) is 19.8 Å². The van der Waals surface area contributed by atoms with Crippen molar-refractivity contribution in [3.8, 4) is 16.9 Å². The molecule has 0 saturated carbocycles. The van der Waals surface area contributed by atoms with E-state index in [0.717, 1.165) is 18.8 Å². The Morgan fingerprint density at radius 2 is 1.70 bits per heavy atom. The molecular weight excluding hydrogens is 246 g/mol. The van der Waals surface area contributed by atoms with Gasteiger partial charge in [-0.1, -0.05) is 36.4 Å². The van der Waals surface area contributed by atoms with Crippen LogP contribution in [-0.4, -0.2) is 19.7 Å². The molecule has 1 saturated heterocycles. The van der Waals surface area contributed by atoms with Gasteiger partial charge in [-0.25, -0.2) is 0 Å². The summed E-state index contributed by atoms with van der Waals surface area (Å²) in [4.78, 5) is 2.44. The Kier molecular flexibility index (Phi) is 3.91. The van der Waals surface area contributed by atoms with Crippen LogP contribution in [0.3, 0.4) is 0 Å². The van der Waals surface area contributed by atoms with E-state index in [-0.39, 0.29) is 0 Å². The highest BCUT2D eigenvalue weighted by molar-refractivity contribution is 5.72. The van der Waals surface area contributed by atoms with Crippen molar-refractivity contribution in [1.29, 1.82) is 0 Å². The summed E-state index contributed by atoms with van der Waals surface area (Å²) in [5, 5.41) is 0. The molecule has 0 atom stereocenters. The molecule has 0 N–H and O–H groups in total. The second-order valence-corrected chi connectivity index (χ2v) is 5.18. The lowest BCUT2D eigenvalue weighted by Gasteiger charge is -2.22. The fourth-order valence-electron chi connectivity index (χ4n) is 2.81. The quantitative estimate of drug-likeness (QED) is 0.816. The summed E-state index contributed by atoms with van der Waals surface area (Å²) in [6.45, 7) is 5.03. The minimum absolute atomic E-state index is 0.714. The summed E-state index contributed by atoms with van der Waals surface area (Å²) in [5.74, 6) is 1.01. The second-order valence-electron chi connectivity index (χ2n) is 5.18. The molecular formula is C18H21NO. The van der Waals surface area contributed by atoms with Crippen LogP contribution in [0.15, 0.2) is 48.5 Å². The Labute approximate surface area is 121 Å². The van der Waals surface area contributed by atoms with E-state index in [2.05, 4.69) is 53.4 Å². The highest BCUT2D eigenvalue weighted by Crippen LogP contribution is 2.35. The zero-order valence-electron chi connectivity index (χ0n) is 12.0. The molecule has 20 heavy (non-hydrogen) atoms. The fourth-order valence-corrected chi connectivity index (χ4v) is 2.81. The highest BCUT2D eigenvalue weighted by atomic mass is 16.5. The van der Waals surface area contributed by atoms with E-state index >= 15 is 0 Å². The molecule has 0 bridgehead atoms. The van der Waals surface area contributed by atoms with E-state index in [0.29, 0.717) is 6.61 Å². The van der Waals surface area contributed by atoms with E-state index in [1.165, 1.54) is 29.7 Å². The third kappa shape index (κ3) is 2.64. The third-order valence-corrected chi connectivity index (χ3v) is 3.81. The summed E-state index contributed by atoms with van der Waals surface area (Å²) in [6, 6.07) is 17.1. The van der Waals surface area contributed by atoms with Crippen LogP contribution in [0.5, 0.6) is 5.75 Å². The maximum absolute atomic E-state index is 5.80. The van der Waals surface area contributed by atoms with Crippen molar-refractivity contribution >= 4 is 5.69 Å². The molecule has 2 heteroatoms. The van der Waals surface area contributed by atoms with Gasteiger partial charge in [0, 0.05) is 13.1 Å². The van der Waals surface area contributed by atoms with Crippen LogP contribution in [0.4, 0.5) is 5.69 Å². The predicted octanol–water partition coefficient (Wildman–Crippen LogP) is 4.35. The Morgan fingerprint density at radius 3 is 2.40 bits per heavy atom. The molecule has 0 radical (unpaired) electrons. The van der Waals surface area contributed by atoms with Gasteiger partial charge in [0.15, 0.2) is 0 Å². The molecule has 2 aromatic carbocycles. The van der Waals surface area contributed by atoms with Crippen molar-refractivity contribution in [2.24, 2.45) is 0 Å². The van der Waals surface area contributed by atoms with Gasteiger partial charge in [0.1, 0.15) is 5.75 Å². The molecule has 1 aliphatic heterocycles. The highest BCUT2D eigenvalue weighted by Gasteiger charge is 2.17. The average Bonchev–Trinajstić information content (AvgIpc) is 3.03. The standard InChI is InChI=1S/C18H21NO/c1-2-20-18-11-10-16(15-8-4-3-5-9-15)14-17(18)19-12-6-7-13-19/h3-5,8-11,14H,2,6-7,12-13H2,1H3. The van der Waals surface area contributed by atoms with Crippen LogP contribution in [0.2, 0.25) is 0 Å². The lowest BCUT2D eigenvalue weighted by molar-refractivity contribution is 0.340. The summed E-state index contributed by atoms with van der Waals surface area (Å²) in [5.41, 5.74) is 3.76. The van der Waals surface area contributed by atoms with Crippen LogP contribution in [-0.2, 0) is 0 Å². The van der Waals surface area contributed by atoms with E-state index < -0.39 is 0 Å². The SMILES string of the molecule is CCOc1ccc(-c2ccccc2)cc1N1CCCC1. The first-order chi connectivity index (χ1) is 9.88. The topological polar surface area (TPSA) is 12.5 Å². The van der Waals surface area contributed by atoms with Crippen LogP contribution in [0.25, 0.3) is 11.1 Å². The van der Waals surface area contributed by atoms with Crippen molar-refractivity contribution in [3.05, 3.63) is 48.5 Å². The van der Waals surface area contributed by atoms with Gasteiger partial charge in [-0.05, 0) is 43.0 Å². The monoisotopic (exact) mass is 267 g/mol. The summed E-state index contributed by atoms with van der Waals surface area (Å²) >= 11 is 0. The van der Waals surface area contributed by atoms with Crippen molar-refractivity contribution < 1.29 is 4.74 Å². The summed E-state index contributed by atoms with van der Waals surface area (Å²) in [7, 11) is 0. The number of benzene rings is 2. The molecule has 0 amide bonds. The molecule has 0 unspecified atom stereocenters. The normalized spacial score (nSPS) is 14.6. The van der Waals surface area contributed by atoms with Crippen molar-refractivity contribution in [1.82, 2.24) is 0 Å². The van der Waals surface area contributed by atoms with E-state index in [4.69, 9.17) is 4.74 Å². The minimum Gasteiger partial charge on any atom is -0.492 e. The Balaban J connectivity index is 1.99. The van der Waals surface area contributed by atoms with E-state index in [1.54, 1.807) is 0 Å². The van der Waals surface area contributed by atoms with Crippen LogP contribution in [0.1, 0.15) is 19.8 Å². The molecule has 2 aromatic rings. The Morgan fingerprint density at radius 1 is 0.950 bits per heavy atom. The van der Waals surface area contributed by atoms with E-state index in [1.807, 2.05) is 6.92 Å². The maximum Gasteiger partial charge on any atom is 0.142 e. The molecule has 1 fully saturated rings. The van der Waals surface area contributed by atoms with Gasteiger partial charge >= 0.3 is 0 Å². The third-order valence-electron chi connectivity index (χ3n) is 3.81. The number of ether oxygens (including phenoxy) is 1. The van der Waals surface area contributed by atoms with Gasteiger partial charge in [0.2, 0.25) is 0 Å². The van der Waals surface area contributed by atoms with Crippen molar-refractivity contribution in [2.75, 3.05) is 24.6 Å². The van der Waals surface area contributed by atoms with Crippen LogP contribution in [0, 0.1) is 0 Å². The predicted molar refractivity (Wildman–Crippen MR) is 84.5 cm³/mol. The molecule has 1 aliphatic rings. The fraction of sp³-hybridized carbons (Fsp3) is 0.333.